The number of fused-ring (bicyclic) bond motifs is 1. The number of benzene rings is 1. The molecule has 0 aliphatic rings. The average molecular weight is 209 g/mol. The number of hydrogen-bond acceptors (Lipinski definition) is 2. The van der Waals surface area contributed by atoms with E-state index >= 15 is 0 Å². The van der Waals surface area contributed by atoms with E-state index in [1.54, 1.807) is 4.52 Å². The molecule has 3 aromatic rings. The molecule has 3 heteroatoms. The lowest BCUT2D eigenvalue weighted by molar-refractivity contribution is 0.857. The van der Waals surface area contributed by atoms with Crippen molar-refractivity contribution in [1.29, 1.82) is 0 Å². The van der Waals surface area contributed by atoms with Crippen molar-refractivity contribution in [1.82, 2.24) is 14.8 Å². The molecule has 0 fully saturated rings. The molecule has 2 aromatic heterocycles. The molecular weight excluding hydrogens is 198 g/mol. The van der Waals surface area contributed by atoms with Crippen molar-refractivity contribution in [2.45, 2.75) is 6.92 Å². The fourth-order valence-corrected chi connectivity index (χ4v) is 1.87. The van der Waals surface area contributed by atoms with Crippen LogP contribution in [0.4, 0.5) is 0 Å². The van der Waals surface area contributed by atoms with Gasteiger partial charge in [0.05, 0.1) is 5.52 Å². The van der Waals surface area contributed by atoms with Crippen LogP contribution in [0, 0.1) is 6.92 Å². The Morgan fingerprint density at radius 1 is 1.00 bits per heavy atom. The van der Waals surface area contributed by atoms with Crippen LogP contribution in [-0.2, 0) is 0 Å². The first-order valence-electron chi connectivity index (χ1n) is 5.22. The van der Waals surface area contributed by atoms with Gasteiger partial charge in [-0.2, -0.15) is 0 Å². The van der Waals surface area contributed by atoms with Crippen molar-refractivity contribution in [3.05, 3.63) is 54.2 Å². The van der Waals surface area contributed by atoms with Gasteiger partial charge in [-0.15, -0.1) is 5.10 Å². The van der Waals surface area contributed by atoms with Crippen LogP contribution in [0.5, 0.6) is 0 Å². The van der Waals surface area contributed by atoms with Gasteiger partial charge < -0.3 is 0 Å². The lowest BCUT2D eigenvalue weighted by Gasteiger charge is -2.01. The highest BCUT2D eigenvalue weighted by molar-refractivity contribution is 5.78. The highest BCUT2D eigenvalue weighted by atomic mass is 15.4. The van der Waals surface area contributed by atoms with E-state index in [-0.39, 0.29) is 0 Å². The summed E-state index contributed by atoms with van der Waals surface area (Å²) in [6, 6.07) is 14.2. The summed E-state index contributed by atoms with van der Waals surface area (Å²) < 4.78 is 1.79. The summed E-state index contributed by atoms with van der Waals surface area (Å²) >= 11 is 0. The smallest absolute Gasteiger partial charge is 0.121 e. The molecule has 0 saturated carbocycles. The number of rotatable bonds is 1. The fourth-order valence-electron chi connectivity index (χ4n) is 1.87. The summed E-state index contributed by atoms with van der Waals surface area (Å²) in [5.74, 6) is 0. The predicted molar refractivity (Wildman–Crippen MR) is 63.2 cm³/mol. The molecule has 3 rings (SSSR count). The molecule has 0 saturated heterocycles. The van der Waals surface area contributed by atoms with E-state index in [4.69, 9.17) is 0 Å². The van der Waals surface area contributed by atoms with Gasteiger partial charge in [0.2, 0.25) is 0 Å². The standard InChI is InChI=1S/C13H11N3/c1-10-6-2-3-7-11(10)13-12-8-4-5-9-16(12)15-14-13/h2-9H,1H3. The first-order valence-corrected chi connectivity index (χ1v) is 5.22. The van der Waals surface area contributed by atoms with Gasteiger partial charge in [-0.05, 0) is 24.6 Å². The van der Waals surface area contributed by atoms with Crippen molar-refractivity contribution >= 4 is 5.52 Å². The molecule has 0 bridgehead atoms. The van der Waals surface area contributed by atoms with Gasteiger partial charge >= 0.3 is 0 Å². The summed E-state index contributed by atoms with van der Waals surface area (Å²) in [7, 11) is 0. The van der Waals surface area contributed by atoms with Crippen LogP contribution in [0.25, 0.3) is 16.8 Å². The predicted octanol–water partition coefficient (Wildman–Crippen LogP) is 2.70. The Labute approximate surface area is 93.3 Å². The summed E-state index contributed by atoms with van der Waals surface area (Å²) in [6.45, 7) is 2.09. The van der Waals surface area contributed by atoms with Crippen LogP contribution in [0.3, 0.4) is 0 Å². The number of pyridine rings is 1. The van der Waals surface area contributed by atoms with E-state index in [1.807, 2.05) is 36.5 Å². The maximum atomic E-state index is 4.24. The molecular formula is C13H11N3. The summed E-state index contributed by atoms with van der Waals surface area (Å²) in [6.07, 6.45) is 1.91. The van der Waals surface area contributed by atoms with Gasteiger partial charge in [-0.25, -0.2) is 4.52 Å². The Balaban J connectivity index is 2.31. The number of aryl methyl sites for hydroxylation is 1. The first kappa shape index (κ1) is 9.09. The molecule has 78 valence electrons. The van der Waals surface area contributed by atoms with Crippen LogP contribution in [0.15, 0.2) is 48.7 Å². The zero-order valence-corrected chi connectivity index (χ0v) is 8.96. The molecule has 0 amide bonds. The minimum Gasteiger partial charge on any atom is -0.220 e. The maximum Gasteiger partial charge on any atom is 0.121 e. The molecule has 16 heavy (non-hydrogen) atoms. The Hall–Kier alpha value is -2.16. The second-order valence-electron chi connectivity index (χ2n) is 3.78. The normalized spacial score (nSPS) is 10.8. The van der Waals surface area contributed by atoms with Crippen molar-refractivity contribution in [2.75, 3.05) is 0 Å². The SMILES string of the molecule is Cc1ccccc1-c1nnn2ccccc12. The summed E-state index contributed by atoms with van der Waals surface area (Å²) in [5.41, 5.74) is 4.34. The lowest BCUT2D eigenvalue weighted by atomic mass is 10.1. The van der Waals surface area contributed by atoms with Crippen molar-refractivity contribution in [3.8, 4) is 11.3 Å². The second kappa shape index (κ2) is 3.45. The molecule has 3 nitrogen and oxygen atoms in total. The van der Waals surface area contributed by atoms with Gasteiger partial charge in [0, 0.05) is 11.8 Å². The van der Waals surface area contributed by atoms with E-state index in [0.29, 0.717) is 0 Å². The molecule has 0 aliphatic carbocycles. The van der Waals surface area contributed by atoms with Crippen LogP contribution in [-0.4, -0.2) is 14.8 Å². The second-order valence-corrected chi connectivity index (χ2v) is 3.78. The van der Waals surface area contributed by atoms with Crippen molar-refractivity contribution < 1.29 is 0 Å². The molecule has 1 aromatic carbocycles. The third kappa shape index (κ3) is 1.29. The Kier molecular flexibility index (Phi) is 1.96. The van der Waals surface area contributed by atoms with Crippen molar-refractivity contribution in [3.63, 3.8) is 0 Å². The van der Waals surface area contributed by atoms with Crippen LogP contribution in [0.2, 0.25) is 0 Å². The molecule has 0 radical (unpaired) electrons. The first-order chi connectivity index (χ1) is 7.86. The molecule has 0 aliphatic heterocycles. The Morgan fingerprint density at radius 3 is 2.69 bits per heavy atom. The molecule has 0 unspecified atom stereocenters. The monoisotopic (exact) mass is 209 g/mol. The number of nitrogens with zero attached hydrogens (tertiary/aromatic N) is 3. The van der Waals surface area contributed by atoms with E-state index in [1.165, 1.54) is 5.56 Å². The van der Waals surface area contributed by atoms with E-state index in [0.717, 1.165) is 16.8 Å². The number of hydrogen-bond donors (Lipinski definition) is 0. The zero-order chi connectivity index (χ0) is 11.0. The van der Waals surface area contributed by atoms with Crippen LogP contribution < -0.4 is 0 Å². The third-order valence-electron chi connectivity index (χ3n) is 2.72. The Morgan fingerprint density at radius 2 is 1.81 bits per heavy atom. The summed E-state index contributed by atoms with van der Waals surface area (Å²) in [5, 5.41) is 8.34. The van der Waals surface area contributed by atoms with Crippen LogP contribution >= 0.6 is 0 Å². The van der Waals surface area contributed by atoms with Gasteiger partial charge in [-0.3, -0.25) is 0 Å². The lowest BCUT2D eigenvalue weighted by Crippen LogP contribution is -1.84. The third-order valence-corrected chi connectivity index (χ3v) is 2.72. The minimum absolute atomic E-state index is 0.943. The molecule has 2 heterocycles. The molecule has 0 spiro atoms. The van der Waals surface area contributed by atoms with Crippen LogP contribution in [0.1, 0.15) is 5.56 Å². The largest absolute Gasteiger partial charge is 0.220 e. The highest BCUT2D eigenvalue weighted by Gasteiger charge is 2.09. The van der Waals surface area contributed by atoms with E-state index in [2.05, 4.69) is 29.4 Å². The quantitative estimate of drug-likeness (QED) is 0.616. The maximum absolute atomic E-state index is 4.24. The highest BCUT2D eigenvalue weighted by Crippen LogP contribution is 2.24. The molecule has 0 N–H and O–H groups in total. The number of aromatic nitrogens is 3. The molecule has 0 atom stereocenters. The Bertz CT molecular complexity index is 640. The fraction of sp³-hybridized carbons (Fsp3) is 0.0769. The zero-order valence-electron chi connectivity index (χ0n) is 8.96. The van der Waals surface area contributed by atoms with E-state index < -0.39 is 0 Å². The topological polar surface area (TPSA) is 30.2 Å². The van der Waals surface area contributed by atoms with Gasteiger partial charge in [0.1, 0.15) is 5.69 Å². The van der Waals surface area contributed by atoms with Gasteiger partial charge in [0.25, 0.3) is 0 Å². The van der Waals surface area contributed by atoms with Crippen molar-refractivity contribution in [2.24, 2.45) is 0 Å². The van der Waals surface area contributed by atoms with E-state index in [9.17, 15) is 0 Å². The minimum atomic E-state index is 0.943. The van der Waals surface area contributed by atoms with Gasteiger partial charge in [-0.1, -0.05) is 35.5 Å². The average Bonchev–Trinajstić information content (AvgIpc) is 2.74. The van der Waals surface area contributed by atoms with Gasteiger partial charge in [0.15, 0.2) is 0 Å². The summed E-state index contributed by atoms with van der Waals surface area (Å²) in [4.78, 5) is 0.